The van der Waals surface area contributed by atoms with Crippen molar-refractivity contribution < 1.29 is 9.90 Å². The minimum Gasteiger partial charge on any atom is -0.390 e. The summed E-state index contributed by atoms with van der Waals surface area (Å²) in [5.74, 6) is 2.67. The molecule has 0 bridgehead atoms. The van der Waals surface area contributed by atoms with Crippen LogP contribution in [0.1, 0.15) is 66.2 Å². The van der Waals surface area contributed by atoms with E-state index >= 15 is 0 Å². The minimum absolute atomic E-state index is 0.182. The van der Waals surface area contributed by atoms with Crippen LogP contribution in [0.4, 0.5) is 0 Å². The second-order valence-corrected chi connectivity index (χ2v) is 9.96. The summed E-state index contributed by atoms with van der Waals surface area (Å²) < 4.78 is 0. The van der Waals surface area contributed by atoms with Gasteiger partial charge in [0.2, 0.25) is 0 Å². The Kier molecular flexibility index (Phi) is 3.50. The Morgan fingerprint density at radius 3 is 2.58 bits per heavy atom. The first-order chi connectivity index (χ1) is 11.2. The number of carbonyl (C=O) groups is 1. The first-order valence-corrected chi connectivity index (χ1v) is 9.82. The van der Waals surface area contributed by atoms with Gasteiger partial charge in [0.25, 0.3) is 0 Å². The fourth-order valence-electron chi connectivity index (χ4n) is 7.16. The lowest BCUT2D eigenvalue weighted by Crippen LogP contribution is -2.51. The summed E-state index contributed by atoms with van der Waals surface area (Å²) in [5.41, 5.74) is 1.13. The van der Waals surface area contributed by atoms with Crippen molar-refractivity contribution in [3.63, 3.8) is 0 Å². The third kappa shape index (κ3) is 2.14. The summed E-state index contributed by atoms with van der Waals surface area (Å²) in [6, 6.07) is 0. The molecule has 2 nitrogen and oxygen atoms in total. The zero-order valence-electron chi connectivity index (χ0n) is 15.6. The predicted octanol–water partition coefficient (Wildman–Crippen LogP) is 4.68. The Balaban J connectivity index is 1.71. The second kappa shape index (κ2) is 5.06. The van der Waals surface area contributed by atoms with Gasteiger partial charge in [-0.1, -0.05) is 26.0 Å². The Morgan fingerprint density at radius 1 is 1.12 bits per heavy atom. The van der Waals surface area contributed by atoms with Crippen LogP contribution in [0.25, 0.3) is 0 Å². The van der Waals surface area contributed by atoms with Crippen LogP contribution in [0.2, 0.25) is 0 Å². The molecule has 0 heterocycles. The van der Waals surface area contributed by atoms with Crippen molar-refractivity contribution in [1.29, 1.82) is 0 Å². The topological polar surface area (TPSA) is 37.3 Å². The number of carbonyl (C=O) groups excluding carboxylic acids is 1. The standard InChI is InChI=1S/C22H32O2/c1-20(2,24)19-8-7-17-16-6-5-14-13-15(23)9-11-21(14,3)18(16)10-12-22(17,19)4/h5-6,13,16-19,24H,7-12H2,1-4H3/t16-,17-,18-,19+,21-,22-/m0/s1. The highest BCUT2D eigenvalue weighted by molar-refractivity contribution is 5.92. The van der Waals surface area contributed by atoms with Gasteiger partial charge in [0, 0.05) is 6.42 Å². The van der Waals surface area contributed by atoms with Crippen LogP contribution >= 0.6 is 0 Å². The van der Waals surface area contributed by atoms with Gasteiger partial charge in [0.1, 0.15) is 0 Å². The van der Waals surface area contributed by atoms with E-state index in [-0.39, 0.29) is 10.8 Å². The molecule has 132 valence electrons. The Hall–Kier alpha value is -0.890. The monoisotopic (exact) mass is 328 g/mol. The van der Waals surface area contributed by atoms with Crippen LogP contribution in [0, 0.1) is 34.5 Å². The predicted molar refractivity (Wildman–Crippen MR) is 96.4 cm³/mol. The van der Waals surface area contributed by atoms with Crippen molar-refractivity contribution in [2.45, 2.75) is 71.8 Å². The number of aliphatic hydroxyl groups is 1. The number of allylic oxidation sites excluding steroid dienone is 4. The summed E-state index contributed by atoms with van der Waals surface area (Å²) in [6.07, 6.45) is 13.2. The van der Waals surface area contributed by atoms with Gasteiger partial charge in [-0.25, -0.2) is 0 Å². The Morgan fingerprint density at radius 2 is 1.88 bits per heavy atom. The summed E-state index contributed by atoms with van der Waals surface area (Å²) in [4.78, 5) is 11.9. The van der Waals surface area contributed by atoms with Gasteiger partial charge in [-0.15, -0.1) is 0 Å². The van der Waals surface area contributed by atoms with Gasteiger partial charge in [-0.05, 0) is 92.1 Å². The molecule has 6 atom stereocenters. The first-order valence-electron chi connectivity index (χ1n) is 9.82. The van der Waals surface area contributed by atoms with Crippen LogP contribution in [-0.2, 0) is 4.79 Å². The van der Waals surface area contributed by atoms with E-state index in [4.69, 9.17) is 0 Å². The molecule has 4 rings (SSSR count). The fourth-order valence-corrected chi connectivity index (χ4v) is 7.16. The summed E-state index contributed by atoms with van der Waals surface area (Å²) >= 11 is 0. The van der Waals surface area contributed by atoms with E-state index in [0.29, 0.717) is 35.9 Å². The highest BCUT2D eigenvalue weighted by atomic mass is 16.3. The lowest BCUT2D eigenvalue weighted by atomic mass is 9.48. The van der Waals surface area contributed by atoms with E-state index in [1.165, 1.54) is 24.8 Å². The highest BCUT2D eigenvalue weighted by Gasteiger charge is 2.60. The van der Waals surface area contributed by atoms with Gasteiger partial charge in [0.15, 0.2) is 5.78 Å². The molecular weight excluding hydrogens is 296 g/mol. The maximum atomic E-state index is 11.9. The van der Waals surface area contributed by atoms with E-state index in [0.717, 1.165) is 12.8 Å². The van der Waals surface area contributed by atoms with Crippen molar-refractivity contribution in [3.8, 4) is 0 Å². The van der Waals surface area contributed by atoms with Gasteiger partial charge in [-0.2, -0.15) is 0 Å². The molecule has 0 aromatic carbocycles. The van der Waals surface area contributed by atoms with Gasteiger partial charge in [0.05, 0.1) is 5.60 Å². The van der Waals surface area contributed by atoms with E-state index in [2.05, 4.69) is 26.0 Å². The van der Waals surface area contributed by atoms with Crippen LogP contribution < -0.4 is 0 Å². The molecule has 2 fully saturated rings. The lowest BCUT2D eigenvalue weighted by Gasteiger charge is -2.57. The molecule has 0 amide bonds. The van der Waals surface area contributed by atoms with E-state index in [1.54, 1.807) is 0 Å². The molecular formula is C22H32O2. The van der Waals surface area contributed by atoms with Crippen LogP contribution in [0.15, 0.2) is 23.8 Å². The molecule has 0 aromatic heterocycles. The molecule has 2 saturated carbocycles. The van der Waals surface area contributed by atoms with Gasteiger partial charge < -0.3 is 5.11 Å². The summed E-state index contributed by atoms with van der Waals surface area (Å²) in [6.45, 7) is 8.85. The van der Waals surface area contributed by atoms with Crippen LogP contribution in [0.5, 0.6) is 0 Å². The van der Waals surface area contributed by atoms with Gasteiger partial charge >= 0.3 is 0 Å². The molecule has 0 aliphatic heterocycles. The highest BCUT2D eigenvalue weighted by Crippen LogP contribution is 2.66. The second-order valence-electron chi connectivity index (χ2n) is 9.96. The molecule has 0 aromatic rings. The Bertz CT molecular complexity index is 622. The molecule has 4 aliphatic rings. The van der Waals surface area contributed by atoms with Crippen LogP contribution in [0.3, 0.4) is 0 Å². The quantitative estimate of drug-likeness (QED) is 0.759. The molecule has 0 unspecified atom stereocenters. The van der Waals surface area contributed by atoms with E-state index in [1.807, 2.05) is 19.9 Å². The van der Waals surface area contributed by atoms with Crippen molar-refractivity contribution >= 4 is 5.78 Å². The molecule has 0 spiro atoms. The third-order valence-corrected chi connectivity index (χ3v) is 8.37. The van der Waals surface area contributed by atoms with Crippen molar-refractivity contribution in [1.82, 2.24) is 0 Å². The minimum atomic E-state index is -0.582. The van der Waals surface area contributed by atoms with Crippen molar-refractivity contribution in [3.05, 3.63) is 23.8 Å². The smallest absolute Gasteiger partial charge is 0.156 e. The average Bonchev–Trinajstić information content (AvgIpc) is 2.85. The van der Waals surface area contributed by atoms with Gasteiger partial charge in [-0.3, -0.25) is 4.79 Å². The van der Waals surface area contributed by atoms with Crippen molar-refractivity contribution in [2.75, 3.05) is 0 Å². The lowest BCUT2D eigenvalue weighted by molar-refractivity contribution is -0.117. The third-order valence-electron chi connectivity index (χ3n) is 8.37. The fraction of sp³-hybridized carbons (Fsp3) is 0.773. The average molecular weight is 328 g/mol. The van der Waals surface area contributed by atoms with Crippen LogP contribution in [-0.4, -0.2) is 16.5 Å². The maximum Gasteiger partial charge on any atom is 0.156 e. The van der Waals surface area contributed by atoms with E-state index in [9.17, 15) is 9.90 Å². The zero-order chi connectivity index (χ0) is 17.3. The molecule has 4 aliphatic carbocycles. The zero-order valence-corrected chi connectivity index (χ0v) is 15.6. The largest absolute Gasteiger partial charge is 0.390 e. The molecule has 0 saturated heterocycles. The van der Waals surface area contributed by atoms with E-state index < -0.39 is 5.60 Å². The first kappa shape index (κ1) is 16.6. The SMILES string of the molecule is CC(C)(O)[C@H]1CC[C@H]2[C@@H]3C=CC4=CC(=O)CC[C@]4(C)[C@H]3CC[C@]12C. The summed E-state index contributed by atoms with van der Waals surface area (Å²) in [5, 5.41) is 10.7. The maximum absolute atomic E-state index is 11.9. The Labute approximate surface area is 146 Å². The van der Waals surface area contributed by atoms with Crippen molar-refractivity contribution in [2.24, 2.45) is 34.5 Å². The number of hydrogen-bond donors (Lipinski definition) is 1. The number of ketones is 1. The molecule has 0 radical (unpaired) electrons. The number of fused-ring (bicyclic) bond motifs is 5. The molecule has 1 N–H and O–H groups in total. The normalized spacial score (nSPS) is 47.7. The molecule has 24 heavy (non-hydrogen) atoms. The molecule has 2 heteroatoms. The number of rotatable bonds is 1. The number of hydrogen-bond acceptors (Lipinski definition) is 2. The summed E-state index contributed by atoms with van der Waals surface area (Å²) in [7, 11) is 0.